The second kappa shape index (κ2) is 5.34. The maximum absolute atomic E-state index is 3.95. The van der Waals surface area contributed by atoms with Crippen LogP contribution in [0.15, 0.2) is 0 Å². The van der Waals surface area contributed by atoms with Gasteiger partial charge in [-0.05, 0) is 37.5 Å². The van der Waals surface area contributed by atoms with Crippen molar-refractivity contribution >= 4 is 0 Å². The minimum atomic E-state index is 0.835. The Bertz CT molecular complexity index is 182. The Hall–Kier alpha value is -0.0400. The van der Waals surface area contributed by atoms with Crippen molar-refractivity contribution in [2.75, 3.05) is 0 Å². The summed E-state index contributed by atoms with van der Waals surface area (Å²) in [6.45, 7) is 4.80. The van der Waals surface area contributed by atoms with Crippen molar-refractivity contribution in [2.24, 2.45) is 11.8 Å². The second-order valence-corrected chi connectivity index (χ2v) is 5.95. The molecule has 0 heterocycles. The van der Waals surface area contributed by atoms with Crippen molar-refractivity contribution in [3.05, 3.63) is 0 Å². The third-order valence-electron chi connectivity index (χ3n) is 4.48. The summed E-state index contributed by atoms with van der Waals surface area (Å²) in [5.74, 6) is 1.81. The molecule has 2 rings (SSSR count). The van der Waals surface area contributed by atoms with Crippen LogP contribution in [0.2, 0.25) is 0 Å². The summed E-state index contributed by atoms with van der Waals surface area (Å²) < 4.78 is 0. The molecular formula is C14H27N. The molecule has 1 N–H and O–H groups in total. The van der Waals surface area contributed by atoms with Crippen LogP contribution in [0.4, 0.5) is 0 Å². The normalized spacial score (nSPS) is 33.8. The van der Waals surface area contributed by atoms with Crippen LogP contribution in [0.5, 0.6) is 0 Å². The predicted octanol–water partition coefficient (Wildman–Crippen LogP) is 3.73. The van der Waals surface area contributed by atoms with E-state index in [2.05, 4.69) is 19.2 Å². The van der Waals surface area contributed by atoms with Crippen LogP contribution in [0.1, 0.15) is 65.2 Å². The Morgan fingerprint density at radius 2 is 1.47 bits per heavy atom. The summed E-state index contributed by atoms with van der Waals surface area (Å²) in [6.07, 6.45) is 11.6. The van der Waals surface area contributed by atoms with E-state index in [1.807, 2.05) is 0 Å². The average molecular weight is 209 g/mol. The first-order valence-corrected chi connectivity index (χ1v) is 7.03. The fraction of sp³-hybridized carbons (Fsp3) is 1.00. The van der Waals surface area contributed by atoms with Gasteiger partial charge in [0.1, 0.15) is 0 Å². The van der Waals surface area contributed by atoms with Gasteiger partial charge in [-0.15, -0.1) is 0 Å². The van der Waals surface area contributed by atoms with Gasteiger partial charge in [0.2, 0.25) is 0 Å². The third-order valence-corrected chi connectivity index (χ3v) is 4.48. The van der Waals surface area contributed by atoms with Crippen LogP contribution in [-0.4, -0.2) is 12.1 Å². The van der Waals surface area contributed by atoms with E-state index in [0.717, 1.165) is 23.9 Å². The van der Waals surface area contributed by atoms with Crippen LogP contribution in [0.25, 0.3) is 0 Å². The molecule has 2 atom stereocenters. The minimum absolute atomic E-state index is 0.835. The molecule has 2 aliphatic rings. The van der Waals surface area contributed by atoms with Gasteiger partial charge in [-0.2, -0.15) is 0 Å². The summed E-state index contributed by atoms with van der Waals surface area (Å²) in [5.41, 5.74) is 0. The standard InChI is InChI=1S/C14H27N/c1-11(2)13-9-5-6-10-14(13)15-12-7-3-4-8-12/h11-15H,3-10H2,1-2H3. The first-order chi connectivity index (χ1) is 7.27. The molecule has 2 fully saturated rings. The lowest BCUT2D eigenvalue weighted by Crippen LogP contribution is -2.45. The van der Waals surface area contributed by atoms with Gasteiger partial charge < -0.3 is 5.32 Å². The van der Waals surface area contributed by atoms with Gasteiger partial charge in [0.15, 0.2) is 0 Å². The number of rotatable bonds is 3. The zero-order valence-electron chi connectivity index (χ0n) is 10.5. The summed E-state index contributed by atoms with van der Waals surface area (Å²) in [6, 6.07) is 1.69. The Morgan fingerprint density at radius 3 is 2.13 bits per heavy atom. The molecule has 0 aromatic heterocycles. The van der Waals surface area contributed by atoms with E-state index in [-0.39, 0.29) is 0 Å². The van der Waals surface area contributed by atoms with Crippen molar-refractivity contribution in [3.8, 4) is 0 Å². The third kappa shape index (κ3) is 2.96. The van der Waals surface area contributed by atoms with E-state index in [4.69, 9.17) is 0 Å². The zero-order chi connectivity index (χ0) is 10.7. The van der Waals surface area contributed by atoms with E-state index in [0.29, 0.717) is 0 Å². The molecule has 0 aromatic carbocycles. The topological polar surface area (TPSA) is 12.0 Å². The van der Waals surface area contributed by atoms with Crippen molar-refractivity contribution in [2.45, 2.75) is 77.3 Å². The highest BCUT2D eigenvalue weighted by Crippen LogP contribution is 2.31. The summed E-state index contributed by atoms with van der Waals surface area (Å²) in [7, 11) is 0. The summed E-state index contributed by atoms with van der Waals surface area (Å²) in [5, 5.41) is 3.95. The lowest BCUT2D eigenvalue weighted by Gasteiger charge is -2.36. The lowest BCUT2D eigenvalue weighted by atomic mass is 9.77. The Balaban J connectivity index is 1.86. The Labute approximate surface area is 95.0 Å². The maximum Gasteiger partial charge on any atom is 0.0100 e. The highest BCUT2D eigenvalue weighted by atomic mass is 15.0. The molecule has 0 radical (unpaired) electrons. The lowest BCUT2D eigenvalue weighted by molar-refractivity contribution is 0.192. The van der Waals surface area contributed by atoms with E-state index in [9.17, 15) is 0 Å². The van der Waals surface area contributed by atoms with E-state index in [1.165, 1.54) is 51.4 Å². The van der Waals surface area contributed by atoms with Gasteiger partial charge in [-0.3, -0.25) is 0 Å². The number of hydrogen-bond donors (Lipinski definition) is 1. The second-order valence-electron chi connectivity index (χ2n) is 5.95. The molecule has 2 aliphatic carbocycles. The number of nitrogens with one attached hydrogen (secondary N) is 1. The van der Waals surface area contributed by atoms with Gasteiger partial charge in [-0.1, -0.05) is 39.5 Å². The Kier molecular flexibility index (Phi) is 4.07. The zero-order valence-corrected chi connectivity index (χ0v) is 10.5. The van der Waals surface area contributed by atoms with Crippen LogP contribution in [-0.2, 0) is 0 Å². The average Bonchev–Trinajstić information content (AvgIpc) is 2.71. The van der Waals surface area contributed by atoms with Crippen molar-refractivity contribution in [3.63, 3.8) is 0 Å². The highest BCUT2D eigenvalue weighted by molar-refractivity contribution is 4.86. The fourth-order valence-electron chi connectivity index (χ4n) is 3.56. The first kappa shape index (κ1) is 11.4. The van der Waals surface area contributed by atoms with Crippen molar-refractivity contribution < 1.29 is 0 Å². The smallest absolute Gasteiger partial charge is 0.0100 e. The SMILES string of the molecule is CC(C)C1CCCCC1NC1CCCC1. The van der Waals surface area contributed by atoms with Gasteiger partial charge >= 0.3 is 0 Å². The van der Waals surface area contributed by atoms with Crippen molar-refractivity contribution in [1.29, 1.82) is 0 Å². The largest absolute Gasteiger partial charge is 0.311 e. The molecule has 0 amide bonds. The molecule has 2 saturated carbocycles. The number of hydrogen-bond acceptors (Lipinski definition) is 1. The molecule has 15 heavy (non-hydrogen) atoms. The molecular weight excluding hydrogens is 182 g/mol. The molecule has 0 aliphatic heterocycles. The summed E-state index contributed by atoms with van der Waals surface area (Å²) >= 11 is 0. The van der Waals surface area contributed by atoms with Gasteiger partial charge in [0.25, 0.3) is 0 Å². The van der Waals surface area contributed by atoms with Gasteiger partial charge in [-0.25, -0.2) is 0 Å². The van der Waals surface area contributed by atoms with Gasteiger partial charge in [0, 0.05) is 12.1 Å². The molecule has 1 heteroatoms. The first-order valence-electron chi connectivity index (χ1n) is 7.03. The van der Waals surface area contributed by atoms with E-state index >= 15 is 0 Å². The van der Waals surface area contributed by atoms with Gasteiger partial charge in [0.05, 0.1) is 0 Å². The summed E-state index contributed by atoms with van der Waals surface area (Å²) in [4.78, 5) is 0. The molecule has 0 aromatic rings. The fourth-order valence-corrected chi connectivity index (χ4v) is 3.56. The Morgan fingerprint density at radius 1 is 0.867 bits per heavy atom. The molecule has 1 nitrogen and oxygen atoms in total. The van der Waals surface area contributed by atoms with Crippen LogP contribution >= 0.6 is 0 Å². The van der Waals surface area contributed by atoms with Crippen LogP contribution < -0.4 is 5.32 Å². The van der Waals surface area contributed by atoms with Crippen molar-refractivity contribution in [1.82, 2.24) is 5.32 Å². The molecule has 2 unspecified atom stereocenters. The quantitative estimate of drug-likeness (QED) is 0.747. The van der Waals surface area contributed by atoms with Crippen LogP contribution in [0.3, 0.4) is 0 Å². The predicted molar refractivity (Wildman–Crippen MR) is 66.0 cm³/mol. The molecule has 88 valence electrons. The monoisotopic (exact) mass is 209 g/mol. The molecule has 0 bridgehead atoms. The maximum atomic E-state index is 3.95. The molecule has 0 spiro atoms. The van der Waals surface area contributed by atoms with E-state index < -0.39 is 0 Å². The van der Waals surface area contributed by atoms with Crippen LogP contribution in [0, 0.1) is 11.8 Å². The van der Waals surface area contributed by atoms with E-state index in [1.54, 1.807) is 0 Å². The highest BCUT2D eigenvalue weighted by Gasteiger charge is 2.29. The minimum Gasteiger partial charge on any atom is -0.311 e. The molecule has 0 saturated heterocycles.